The number of thiophene rings is 1. The predicted molar refractivity (Wildman–Crippen MR) is 54.5 cm³/mol. The van der Waals surface area contributed by atoms with Crippen LogP contribution in [0.5, 0.6) is 0 Å². The standard InChI is InChI=1S/C7H8N6S/c1-5-2-3-6(14-5)4-8-9-7-10-12-13-11-7/h2-4H,1H3,(H2,9,10,11,12,13)/b8-4+. The monoisotopic (exact) mass is 208 g/mol. The van der Waals surface area contributed by atoms with Crippen LogP contribution < -0.4 is 5.43 Å². The highest BCUT2D eigenvalue weighted by Crippen LogP contribution is 2.12. The van der Waals surface area contributed by atoms with Crippen molar-refractivity contribution in [2.75, 3.05) is 5.43 Å². The molecule has 7 heteroatoms. The van der Waals surface area contributed by atoms with Crippen molar-refractivity contribution in [1.82, 2.24) is 20.6 Å². The molecule has 14 heavy (non-hydrogen) atoms. The van der Waals surface area contributed by atoms with Gasteiger partial charge in [0.15, 0.2) is 0 Å². The Bertz CT molecular complexity index is 417. The van der Waals surface area contributed by atoms with E-state index in [1.165, 1.54) is 4.88 Å². The van der Waals surface area contributed by atoms with Gasteiger partial charge in [0.2, 0.25) is 0 Å². The normalized spacial score (nSPS) is 10.9. The second-order valence-electron chi connectivity index (χ2n) is 2.55. The van der Waals surface area contributed by atoms with Crippen molar-refractivity contribution in [1.29, 1.82) is 0 Å². The van der Waals surface area contributed by atoms with Crippen molar-refractivity contribution in [3.8, 4) is 0 Å². The number of tetrazole rings is 1. The Labute approximate surface area is 84.0 Å². The summed E-state index contributed by atoms with van der Waals surface area (Å²) in [4.78, 5) is 2.34. The van der Waals surface area contributed by atoms with Gasteiger partial charge in [-0.15, -0.1) is 16.4 Å². The molecule has 0 aliphatic carbocycles. The van der Waals surface area contributed by atoms with E-state index in [-0.39, 0.29) is 0 Å². The zero-order valence-electron chi connectivity index (χ0n) is 7.43. The molecule has 0 aliphatic heterocycles. The summed E-state index contributed by atoms with van der Waals surface area (Å²) in [5, 5.41) is 17.0. The number of aryl methyl sites for hydroxylation is 1. The van der Waals surface area contributed by atoms with Crippen molar-refractivity contribution in [3.05, 3.63) is 21.9 Å². The van der Waals surface area contributed by atoms with Gasteiger partial charge >= 0.3 is 0 Å². The fraction of sp³-hybridized carbons (Fsp3) is 0.143. The van der Waals surface area contributed by atoms with Gasteiger partial charge in [-0.1, -0.05) is 5.10 Å². The largest absolute Gasteiger partial charge is 0.283 e. The van der Waals surface area contributed by atoms with Crippen molar-refractivity contribution < 1.29 is 0 Å². The van der Waals surface area contributed by atoms with Gasteiger partial charge in [-0.25, -0.2) is 5.43 Å². The minimum Gasteiger partial charge on any atom is -0.243 e. The molecule has 0 fully saturated rings. The summed E-state index contributed by atoms with van der Waals surface area (Å²) < 4.78 is 0. The van der Waals surface area contributed by atoms with Crippen LogP contribution in [0.15, 0.2) is 17.2 Å². The fourth-order valence-electron chi connectivity index (χ4n) is 0.886. The molecule has 0 aliphatic rings. The predicted octanol–water partition coefficient (Wildman–Crippen LogP) is 1.02. The maximum atomic E-state index is 3.95. The lowest BCUT2D eigenvalue weighted by atomic mass is 10.4. The third-order valence-corrected chi connectivity index (χ3v) is 2.40. The van der Waals surface area contributed by atoms with Crippen LogP contribution in [0.3, 0.4) is 0 Å². The number of hydrogen-bond acceptors (Lipinski definition) is 6. The second kappa shape index (κ2) is 3.97. The molecule has 6 nitrogen and oxygen atoms in total. The molecule has 0 saturated heterocycles. The molecular formula is C7H8N6S. The first kappa shape index (κ1) is 8.82. The van der Waals surface area contributed by atoms with E-state index < -0.39 is 0 Å². The maximum absolute atomic E-state index is 3.95. The van der Waals surface area contributed by atoms with Crippen molar-refractivity contribution in [2.45, 2.75) is 6.92 Å². The van der Waals surface area contributed by atoms with Gasteiger partial charge in [0.1, 0.15) is 0 Å². The highest BCUT2D eigenvalue weighted by Gasteiger charge is 1.93. The van der Waals surface area contributed by atoms with Gasteiger partial charge in [0.25, 0.3) is 5.95 Å². The number of anilines is 1. The summed E-state index contributed by atoms with van der Waals surface area (Å²) in [6, 6.07) is 4.04. The number of aromatic nitrogens is 4. The van der Waals surface area contributed by atoms with E-state index in [1.54, 1.807) is 17.6 Å². The van der Waals surface area contributed by atoms with Crippen LogP contribution in [0.25, 0.3) is 0 Å². The van der Waals surface area contributed by atoms with E-state index in [1.807, 2.05) is 12.1 Å². The Morgan fingerprint density at radius 3 is 3.14 bits per heavy atom. The van der Waals surface area contributed by atoms with E-state index in [0.717, 1.165) is 4.88 Å². The Balaban J connectivity index is 1.95. The van der Waals surface area contributed by atoms with Gasteiger partial charge in [0, 0.05) is 9.75 Å². The molecule has 0 bridgehead atoms. The highest BCUT2D eigenvalue weighted by molar-refractivity contribution is 7.13. The third kappa shape index (κ3) is 2.13. The smallest absolute Gasteiger partial charge is 0.243 e. The molecule has 0 saturated carbocycles. The average molecular weight is 208 g/mol. The number of nitrogens with one attached hydrogen (secondary N) is 2. The Morgan fingerprint density at radius 1 is 1.57 bits per heavy atom. The number of hydrogen-bond donors (Lipinski definition) is 2. The van der Waals surface area contributed by atoms with Crippen LogP contribution in [0.2, 0.25) is 0 Å². The summed E-state index contributed by atoms with van der Waals surface area (Å²) in [5.74, 6) is 0.356. The summed E-state index contributed by atoms with van der Waals surface area (Å²) in [6.07, 6.45) is 1.72. The minimum atomic E-state index is 0.356. The Hall–Kier alpha value is -1.76. The van der Waals surface area contributed by atoms with E-state index in [4.69, 9.17) is 0 Å². The number of nitrogens with zero attached hydrogens (tertiary/aromatic N) is 4. The van der Waals surface area contributed by atoms with Crippen molar-refractivity contribution in [3.63, 3.8) is 0 Å². The zero-order valence-corrected chi connectivity index (χ0v) is 8.25. The Kier molecular flexibility index (Phi) is 2.50. The average Bonchev–Trinajstić information content (AvgIpc) is 2.77. The number of rotatable bonds is 3. The van der Waals surface area contributed by atoms with Crippen LogP contribution in [0, 0.1) is 6.92 Å². The SMILES string of the molecule is Cc1ccc(/C=N/Nc2nn[nH]n2)s1. The number of aromatic amines is 1. The molecule has 0 unspecified atom stereocenters. The minimum absolute atomic E-state index is 0.356. The molecule has 0 spiro atoms. The summed E-state index contributed by atoms with van der Waals surface area (Å²) in [7, 11) is 0. The van der Waals surface area contributed by atoms with Crippen LogP contribution in [0.4, 0.5) is 5.95 Å². The first-order valence-electron chi connectivity index (χ1n) is 3.93. The quantitative estimate of drug-likeness (QED) is 0.583. The van der Waals surface area contributed by atoms with Crippen LogP contribution >= 0.6 is 11.3 Å². The van der Waals surface area contributed by atoms with E-state index in [9.17, 15) is 0 Å². The molecule has 2 N–H and O–H groups in total. The molecule has 0 amide bonds. The lowest BCUT2D eigenvalue weighted by Gasteiger charge is -1.87. The third-order valence-electron chi connectivity index (χ3n) is 1.46. The lowest BCUT2D eigenvalue weighted by molar-refractivity contribution is 0.881. The number of hydrazone groups is 1. The topological polar surface area (TPSA) is 78.9 Å². The Morgan fingerprint density at radius 2 is 2.50 bits per heavy atom. The summed E-state index contributed by atoms with van der Waals surface area (Å²) in [6.45, 7) is 2.05. The molecule has 2 aromatic heterocycles. The van der Waals surface area contributed by atoms with Gasteiger partial charge in [-0.3, -0.25) is 0 Å². The lowest BCUT2D eigenvalue weighted by Crippen LogP contribution is -1.91. The van der Waals surface area contributed by atoms with E-state index in [2.05, 4.69) is 38.1 Å². The van der Waals surface area contributed by atoms with Gasteiger partial charge in [0.05, 0.1) is 6.21 Å². The summed E-state index contributed by atoms with van der Waals surface area (Å²) in [5.41, 5.74) is 2.64. The molecule has 0 radical (unpaired) electrons. The molecule has 2 heterocycles. The first-order valence-corrected chi connectivity index (χ1v) is 4.75. The highest BCUT2D eigenvalue weighted by atomic mass is 32.1. The maximum Gasteiger partial charge on any atom is 0.283 e. The summed E-state index contributed by atoms with van der Waals surface area (Å²) >= 11 is 1.67. The molecule has 0 atom stereocenters. The van der Waals surface area contributed by atoms with Crippen molar-refractivity contribution >= 4 is 23.5 Å². The van der Waals surface area contributed by atoms with E-state index >= 15 is 0 Å². The fourth-order valence-corrected chi connectivity index (χ4v) is 1.63. The number of H-pyrrole nitrogens is 1. The van der Waals surface area contributed by atoms with Gasteiger partial charge < -0.3 is 0 Å². The van der Waals surface area contributed by atoms with E-state index in [0.29, 0.717) is 5.95 Å². The van der Waals surface area contributed by atoms with Gasteiger partial charge in [-0.2, -0.15) is 10.3 Å². The molecular weight excluding hydrogens is 200 g/mol. The van der Waals surface area contributed by atoms with Gasteiger partial charge in [-0.05, 0) is 24.3 Å². The first-order chi connectivity index (χ1) is 6.84. The van der Waals surface area contributed by atoms with Crippen LogP contribution in [-0.2, 0) is 0 Å². The molecule has 2 aromatic rings. The van der Waals surface area contributed by atoms with Crippen LogP contribution in [-0.4, -0.2) is 26.8 Å². The zero-order chi connectivity index (χ0) is 9.80. The van der Waals surface area contributed by atoms with Crippen LogP contribution in [0.1, 0.15) is 9.75 Å². The molecule has 0 aromatic carbocycles. The molecule has 72 valence electrons. The molecule has 2 rings (SSSR count). The van der Waals surface area contributed by atoms with Crippen molar-refractivity contribution in [2.24, 2.45) is 5.10 Å². The second-order valence-corrected chi connectivity index (χ2v) is 3.87.